The molecule has 0 unspecified atom stereocenters. The van der Waals surface area contributed by atoms with Gasteiger partial charge < -0.3 is 34.6 Å². The third-order valence-corrected chi connectivity index (χ3v) is 3.89. The van der Waals surface area contributed by atoms with Crippen LogP contribution in [0.15, 0.2) is 54.6 Å². The molecule has 3 rings (SSSR count). The summed E-state index contributed by atoms with van der Waals surface area (Å²) in [6.45, 7) is -0.512. The van der Waals surface area contributed by atoms with Crippen molar-refractivity contribution in [3.63, 3.8) is 0 Å². The molecule has 0 spiro atoms. The molecule has 5 atom stereocenters. The van der Waals surface area contributed by atoms with Crippen LogP contribution in [0, 0.1) is 0 Å². The lowest BCUT2D eigenvalue weighted by molar-refractivity contribution is -0.277. The van der Waals surface area contributed by atoms with Crippen LogP contribution in [-0.2, 0) is 4.74 Å². The van der Waals surface area contributed by atoms with E-state index in [1.165, 1.54) is 0 Å². The molecular weight excluding hydrogens is 328 g/mol. The largest absolute Gasteiger partial charge is 0.462 e. The Kier molecular flexibility index (Phi) is 5.52. The summed E-state index contributed by atoms with van der Waals surface area (Å²) in [6, 6.07) is 15.9. The monoisotopic (exact) mass is 348 g/mol. The van der Waals surface area contributed by atoms with E-state index < -0.39 is 37.3 Å². The third kappa shape index (κ3) is 4.09. The molecule has 7 nitrogen and oxygen atoms in total. The second kappa shape index (κ2) is 7.81. The van der Waals surface area contributed by atoms with Gasteiger partial charge >= 0.3 is 0 Å². The van der Waals surface area contributed by atoms with Crippen LogP contribution in [0.2, 0.25) is 0 Å². The molecule has 0 amide bonds. The quantitative estimate of drug-likeness (QED) is 0.628. The molecule has 4 N–H and O–H groups in total. The van der Waals surface area contributed by atoms with Gasteiger partial charge in [0.05, 0.1) is 6.61 Å². The zero-order valence-electron chi connectivity index (χ0n) is 13.3. The Hall–Kier alpha value is -2.16. The zero-order chi connectivity index (χ0) is 17.8. The molecule has 0 aromatic heterocycles. The maximum absolute atomic E-state index is 10.0. The lowest BCUT2D eigenvalue weighted by Crippen LogP contribution is -2.60. The molecule has 2 aromatic carbocycles. The molecule has 1 aliphatic rings. The van der Waals surface area contributed by atoms with Crippen LogP contribution in [0.25, 0.3) is 0 Å². The van der Waals surface area contributed by atoms with E-state index in [2.05, 4.69) is 0 Å². The summed E-state index contributed by atoms with van der Waals surface area (Å²) < 4.78 is 16.6. The standard InChI is InChI=1S/C18H20O7/c19-10-14-15(20)16(21)17(22)18(25-14)24-13-8-4-7-12(9-13)23-11-5-2-1-3-6-11/h1-9,14-22H,10H2/t14-,15+,16+,17-,18-/m0/s1. The van der Waals surface area contributed by atoms with E-state index in [9.17, 15) is 20.4 Å². The Balaban J connectivity index is 1.71. The highest BCUT2D eigenvalue weighted by Gasteiger charge is 2.44. The second-order valence-electron chi connectivity index (χ2n) is 5.71. The van der Waals surface area contributed by atoms with Gasteiger partial charge in [-0.3, -0.25) is 0 Å². The van der Waals surface area contributed by atoms with Gasteiger partial charge in [-0.05, 0) is 24.3 Å². The fourth-order valence-corrected chi connectivity index (χ4v) is 2.53. The van der Waals surface area contributed by atoms with Gasteiger partial charge in [-0.1, -0.05) is 24.3 Å². The molecule has 0 bridgehead atoms. The molecule has 0 aliphatic carbocycles. The van der Waals surface area contributed by atoms with Crippen LogP contribution in [-0.4, -0.2) is 57.7 Å². The number of para-hydroxylation sites is 1. The summed E-state index contributed by atoms with van der Waals surface area (Å²) >= 11 is 0. The molecule has 1 fully saturated rings. The molecule has 1 heterocycles. The molecule has 7 heteroatoms. The molecule has 1 saturated heterocycles. The fraction of sp³-hybridized carbons (Fsp3) is 0.333. The summed E-state index contributed by atoms with van der Waals surface area (Å²) in [5, 5.41) is 38.8. The van der Waals surface area contributed by atoms with E-state index in [-0.39, 0.29) is 0 Å². The maximum Gasteiger partial charge on any atom is 0.229 e. The van der Waals surface area contributed by atoms with Crippen LogP contribution in [0.1, 0.15) is 0 Å². The first-order valence-corrected chi connectivity index (χ1v) is 7.88. The topological polar surface area (TPSA) is 109 Å². The van der Waals surface area contributed by atoms with Gasteiger partial charge in [-0.15, -0.1) is 0 Å². The predicted molar refractivity (Wildman–Crippen MR) is 87.4 cm³/mol. The molecule has 25 heavy (non-hydrogen) atoms. The zero-order valence-corrected chi connectivity index (χ0v) is 13.3. The molecular formula is C18H20O7. The molecule has 134 valence electrons. The molecule has 0 saturated carbocycles. The summed E-state index contributed by atoms with van der Waals surface area (Å²) in [5.74, 6) is 1.53. The van der Waals surface area contributed by atoms with Crippen molar-refractivity contribution in [3.8, 4) is 17.2 Å². The first-order valence-electron chi connectivity index (χ1n) is 7.88. The van der Waals surface area contributed by atoms with E-state index in [0.717, 1.165) is 0 Å². The first-order chi connectivity index (χ1) is 12.1. The summed E-state index contributed by atoms with van der Waals surface area (Å²) in [7, 11) is 0. The fourth-order valence-electron chi connectivity index (χ4n) is 2.53. The van der Waals surface area contributed by atoms with E-state index >= 15 is 0 Å². The van der Waals surface area contributed by atoms with Crippen LogP contribution in [0.5, 0.6) is 17.2 Å². The van der Waals surface area contributed by atoms with Crippen molar-refractivity contribution < 1.29 is 34.6 Å². The highest BCUT2D eigenvalue weighted by atomic mass is 16.7. The Morgan fingerprint density at radius 2 is 1.48 bits per heavy atom. The van der Waals surface area contributed by atoms with Crippen molar-refractivity contribution >= 4 is 0 Å². The smallest absolute Gasteiger partial charge is 0.229 e. The van der Waals surface area contributed by atoms with Crippen LogP contribution in [0.3, 0.4) is 0 Å². The molecule has 2 aromatic rings. The normalized spacial score (nSPS) is 29.2. The Morgan fingerprint density at radius 3 is 2.20 bits per heavy atom. The van der Waals surface area contributed by atoms with E-state index in [1.54, 1.807) is 24.3 Å². The van der Waals surface area contributed by atoms with E-state index in [1.807, 2.05) is 30.3 Å². The lowest BCUT2D eigenvalue weighted by Gasteiger charge is -2.39. The summed E-state index contributed by atoms with van der Waals surface area (Å²) in [5.41, 5.74) is 0. The average Bonchev–Trinajstić information content (AvgIpc) is 2.63. The highest BCUT2D eigenvalue weighted by molar-refractivity contribution is 5.36. The van der Waals surface area contributed by atoms with Crippen molar-refractivity contribution in [2.45, 2.75) is 30.7 Å². The number of aliphatic hydroxyl groups excluding tert-OH is 4. The number of hydrogen-bond acceptors (Lipinski definition) is 7. The molecule has 0 radical (unpaired) electrons. The summed E-state index contributed by atoms with van der Waals surface area (Å²) in [4.78, 5) is 0. The van der Waals surface area contributed by atoms with Crippen LogP contribution < -0.4 is 9.47 Å². The van der Waals surface area contributed by atoms with Gasteiger partial charge in [0.15, 0.2) is 0 Å². The van der Waals surface area contributed by atoms with Crippen molar-refractivity contribution in [2.75, 3.05) is 6.61 Å². The number of rotatable bonds is 5. The number of benzene rings is 2. The third-order valence-electron chi connectivity index (χ3n) is 3.89. The summed E-state index contributed by atoms with van der Waals surface area (Å²) in [6.07, 6.45) is -6.63. The van der Waals surface area contributed by atoms with E-state index in [0.29, 0.717) is 17.2 Å². The minimum absolute atomic E-state index is 0.345. The van der Waals surface area contributed by atoms with Gasteiger partial charge in [0, 0.05) is 6.07 Å². The number of ether oxygens (including phenoxy) is 3. The Labute approximate surface area is 144 Å². The average molecular weight is 348 g/mol. The minimum Gasteiger partial charge on any atom is -0.462 e. The maximum atomic E-state index is 10.0. The van der Waals surface area contributed by atoms with Gasteiger partial charge in [0.2, 0.25) is 6.29 Å². The van der Waals surface area contributed by atoms with Crippen molar-refractivity contribution in [2.24, 2.45) is 0 Å². The van der Waals surface area contributed by atoms with Crippen LogP contribution >= 0.6 is 0 Å². The Bertz CT molecular complexity index is 676. The predicted octanol–water partition coefficient (Wildman–Crippen LogP) is 0.658. The van der Waals surface area contributed by atoms with Gasteiger partial charge in [0.1, 0.15) is 41.7 Å². The first kappa shape index (κ1) is 17.7. The van der Waals surface area contributed by atoms with Gasteiger partial charge in [-0.25, -0.2) is 0 Å². The van der Waals surface area contributed by atoms with Crippen molar-refractivity contribution in [1.29, 1.82) is 0 Å². The SMILES string of the molecule is OC[C@@H]1O[C@H](Oc2cccc(Oc3ccccc3)c2)[C@@H](O)[C@H](O)[C@@H]1O. The Morgan fingerprint density at radius 1 is 0.800 bits per heavy atom. The lowest BCUT2D eigenvalue weighted by atomic mass is 9.99. The van der Waals surface area contributed by atoms with E-state index in [4.69, 9.17) is 14.2 Å². The molecule has 1 aliphatic heterocycles. The van der Waals surface area contributed by atoms with Crippen molar-refractivity contribution in [3.05, 3.63) is 54.6 Å². The highest BCUT2D eigenvalue weighted by Crippen LogP contribution is 2.28. The van der Waals surface area contributed by atoms with Crippen LogP contribution in [0.4, 0.5) is 0 Å². The van der Waals surface area contributed by atoms with Gasteiger partial charge in [-0.2, -0.15) is 0 Å². The van der Waals surface area contributed by atoms with Gasteiger partial charge in [0.25, 0.3) is 0 Å². The number of aliphatic hydroxyl groups is 4. The number of hydrogen-bond donors (Lipinski definition) is 4. The minimum atomic E-state index is -1.49. The van der Waals surface area contributed by atoms with Crippen molar-refractivity contribution in [1.82, 2.24) is 0 Å². The second-order valence-corrected chi connectivity index (χ2v) is 5.71.